The fourth-order valence-corrected chi connectivity index (χ4v) is 1.61. The van der Waals surface area contributed by atoms with Gasteiger partial charge in [-0.2, -0.15) is 0 Å². The molecule has 0 radical (unpaired) electrons. The number of carboxylic acids is 1. The molecule has 0 spiro atoms. The van der Waals surface area contributed by atoms with Crippen molar-refractivity contribution in [2.24, 2.45) is 5.92 Å². The van der Waals surface area contributed by atoms with Crippen LogP contribution >= 0.6 is 0 Å². The first-order valence-electron chi connectivity index (χ1n) is 5.85. The van der Waals surface area contributed by atoms with Crippen molar-refractivity contribution in [2.45, 2.75) is 33.2 Å². The minimum Gasteiger partial charge on any atom is -0.478 e. The lowest BCUT2D eigenvalue weighted by Crippen LogP contribution is -2.24. The summed E-state index contributed by atoms with van der Waals surface area (Å²) in [4.78, 5) is 11.1. The molecule has 94 valence electrons. The summed E-state index contributed by atoms with van der Waals surface area (Å²) in [5, 5.41) is 12.3. The van der Waals surface area contributed by atoms with E-state index >= 15 is 0 Å². The number of carbonyl (C=O) groups is 1. The Bertz CT molecular complexity index is 404. The molecule has 0 amide bonds. The molecule has 1 aromatic carbocycles. The molecule has 2 atom stereocenters. The van der Waals surface area contributed by atoms with Gasteiger partial charge in [-0.25, -0.2) is 4.79 Å². The number of hydrogen-bond acceptors (Lipinski definition) is 3. The Kier molecular flexibility index (Phi) is 4.37. The molecule has 4 nitrogen and oxygen atoms in total. The van der Waals surface area contributed by atoms with E-state index in [0.717, 1.165) is 6.42 Å². The standard InChI is InChI=1S/C13H20N2O2/c1-4-8(2)9(3)15-12-6-5-10(14)7-11(12)13(16)17/h5-9,15H,4,14H2,1-3H3,(H,16,17). The maximum Gasteiger partial charge on any atom is 0.337 e. The van der Waals surface area contributed by atoms with Gasteiger partial charge < -0.3 is 16.2 Å². The van der Waals surface area contributed by atoms with E-state index in [2.05, 4.69) is 26.1 Å². The second-order valence-corrected chi connectivity index (χ2v) is 4.43. The predicted molar refractivity (Wildman–Crippen MR) is 70.4 cm³/mol. The number of hydrogen-bond donors (Lipinski definition) is 3. The number of carboxylic acid groups (broad SMARTS) is 1. The lowest BCUT2D eigenvalue weighted by atomic mass is 10.00. The summed E-state index contributed by atoms with van der Waals surface area (Å²) >= 11 is 0. The maximum absolute atomic E-state index is 11.1. The first kappa shape index (κ1) is 13.4. The normalized spacial score (nSPS) is 14.1. The van der Waals surface area contributed by atoms with E-state index in [4.69, 9.17) is 10.8 Å². The van der Waals surface area contributed by atoms with Crippen molar-refractivity contribution < 1.29 is 9.90 Å². The molecular formula is C13H20N2O2. The van der Waals surface area contributed by atoms with Gasteiger partial charge in [0.05, 0.1) is 5.56 Å². The zero-order chi connectivity index (χ0) is 13.0. The van der Waals surface area contributed by atoms with E-state index in [0.29, 0.717) is 17.3 Å². The molecule has 0 heterocycles. The molecule has 0 bridgehead atoms. The van der Waals surface area contributed by atoms with E-state index in [1.54, 1.807) is 12.1 Å². The molecule has 4 heteroatoms. The molecule has 0 aliphatic rings. The van der Waals surface area contributed by atoms with Crippen molar-refractivity contribution in [3.63, 3.8) is 0 Å². The van der Waals surface area contributed by atoms with Gasteiger partial charge in [-0.15, -0.1) is 0 Å². The molecule has 0 fully saturated rings. The number of nitrogens with one attached hydrogen (secondary N) is 1. The Morgan fingerprint density at radius 3 is 2.65 bits per heavy atom. The van der Waals surface area contributed by atoms with Crippen LogP contribution in [0.2, 0.25) is 0 Å². The van der Waals surface area contributed by atoms with Gasteiger partial charge in [0, 0.05) is 17.4 Å². The van der Waals surface area contributed by atoms with Gasteiger partial charge in [0.25, 0.3) is 0 Å². The summed E-state index contributed by atoms with van der Waals surface area (Å²) in [6.45, 7) is 6.30. The van der Waals surface area contributed by atoms with Crippen molar-refractivity contribution in [3.8, 4) is 0 Å². The maximum atomic E-state index is 11.1. The van der Waals surface area contributed by atoms with Gasteiger partial charge in [-0.3, -0.25) is 0 Å². The zero-order valence-electron chi connectivity index (χ0n) is 10.5. The van der Waals surface area contributed by atoms with Crippen molar-refractivity contribution >= 4 is 17.3 Å². The fourth-order valence-electron chi connectivity index (χ4n) is 1.61. The quantitative estimate of drug-likeness (QED) is 0.687. The Morgan fingerprint density at radius 2 is 2.12 bits per heavy atom. The molecule has 1 rings (SSSR count). The van der Waals surface area contributed by atoms with Crippen LogP contribution in [0.25, 0.3) is 0 Å². The monoisotopic (exact) mass is 236 g/mol. The first-order chi connectivity index (χ1) is 7.95. The van der Waals surface area contributed by atoms with Crippen LogP contribution in [0.15, 0.2) is 18.2 Å². The lowest BCUT2D eigenvalue weighted by Gasteiger charge is -2.22. The Morgan fingerprint density at radius 1 is 1.47 bits per heavy atom. The number of benzene rings is 1. The first-order valence-corrected chi connectivity index (χ1v) is 5.85. The Hall–Kier alpha value is -1.71. The van der Waals surface area contributed by atoms with Crippen molar-refractivity contribution in [3.05, 3.63) is 23.8 Å². The zero-order valence-corrected chi connectivity index (χ0v) is 10.5. The minimum absolute atomic E-state index is 0.222. The average molecular weight is 236 g/mol. The average Bonchev–Trinajstić information content (AvgIpc) is 2.29. The van der Waals surface area contributed by atoms with Crippen molar-refractivity contribution in [1.29, 1.82) is 0 Å². The summed E-state index contributed by atoms with van der Waals surface area (Å²) in [5.41, 5.74) is 6.90. The van der Waals surface area contributed by atoms with Gasteiger partial charge in [0.2, 0.25) is 0 Å². The molecule has 0 saturated carbocycles. The second-order valence-electron chi connectivity index (χ2n) is 4.43. The largest absolute Gasteiger partial charge is 0.478 e. The third-order valence-corrected chi connectivity index (χ3v) is 3.15. The van der Waals surface area contributed by atoms with Gasteiger partial charge >= 0.3 is 5.97 Å². The Labute approximate surface area is 102 Å². The third-order valence-electron chi connectivity index (χ3n) is 3.15. The molecule has 0 saturated heterocycles. The smallest absolute Gasteiger partial charge is 0.337 e. The van der Waals surface area contributed by atoms with E-state index in [9.17, 15) is 4.79 Å². The second kappa shape index (κ2) is 5.57. The van der Waals surface area contributed by atoms with E-state index in [-0.39, 0.29) is 11.6 Å². The van der Waals surface area contributed by atoms with Crippen LogP contribution in [-0.2, 0) is 0 Å². The number of rotatable bonds is 5. The summed E-state index contributed by atoms with van der Waals surface area (Å²) < 4.78 is 0. The summed E-state index contributed by atoms with van der Waals surface area (Å²) in [5.74, 6) is -0.481. The van der Waals surface area contributed by atoms with Crippen LogP contribution in [0.1, 0.15) is 37.6 Å². The lowest BCUT2D eigenvalue weighted by molar-refractivity contribution is 0.0698. The fraction of sp³-hybridized carbons (Fsp3) is 0.462. The van der Waals surface area contributed by atoms with Crippen LogP contribution in [0, 0.1) is 5.92 Å². The Balaban J connectivity index is 2.94. The molecule has 0 aliphatic heterocycles. The van der Waals surface area contributed by atoms with Gasteiger partial charge in [0.1, 0.15) is 0 Å². The number of nitrogen functional groups attached to an aromatic ring is 1. The van der Waals surface area contributed by atoms with Crippen LogP contribution < -0.4 is 11.1 Å². The molecule has 0 aromatic heterocycles. The summed E-state index contributed by atoms with van der Waals surface area (Å²) in [6, 6.07) is 5.13. The molecule has 17 heavy (non-hydrogen) atoms. The predicted octanol–water partition coefficient (Wildman–Crippen LogP) is 2.81. The number of anilines is 2. The van der Waals surface area contributed by atoms with Gasteiger partial charge in [-0.1, -0.05) is 20.3 Å². The van der Waals surface area contributed by atoms with Gasteiger partial charge in [0.15, 0.2) is 0 Å². The van der Waals surface area contributed by atoms with E-state index in [1.165, 1.54) is 6.07 Å². The highest BCUT2D eigenvalue weighted by Gasteiger charge is 2.15. The van der Waals surface area contributed by atoms with Crippen LogP contribution in [0.3, 0.4) is 0 Å². The van der Waals surface area contributed by atoms with Gasteiger partial charge in [-0.05, 0) is 31.0 Å². The molecular weight excluding hydrogens is 216 g/mol. The molecule has 1 aromatic rings. The van der Waals surface area contributed by atoms with Crippen molar-refractivity contribution in [2.75, 3.05) is 11.1 Å². The van der Waals surface area contributed by atoms with E-state index < -0.39 is 5.97 Å². The molecule has 4 N–H and O–H groups in total. The highest BCUT2D eigenvalue weighted by atomic mass is 16.4. The van der Waals surface area contributed by atoms with Crippen LogP contribution in [0.4, 0.5) is 11.4 Å². The van der Waals surface area contributed by atoms with Crippen LogP contribution in [0.5, 0.6) is 0 Å². The summed E-state index contributed by atoms with van der Waals surface area (Å²) in [7, 11) is 0. The molecule has 2 unspecified atom stereocenters. The van der Waals surface area contributed by atoms with Crippen molar-refractivity contribution in [1.82, 2.24) is 0 Å². The third kappa shape index (κ3) is 3.37. The van der Waals surface area contributed by atoms with E-state index in [1.807, 2.05) is 0 Å². The SMILES string of the molecule is CCC(C)C(C)Nc1ccc(N)cc1C(=O)O. The highest BCUT2D eigenvalue weighted by molar-refractivity contribution is 5.95. The van der Waals surface area contributed by atoms with Crippen LogP contribution in [-0.4, -0.2) is 17.1 Å². The molecule has 0 aliphatic carbocycles. The number of nitrogens with two attached hydrogens (primary N) is 1. The summed E-state index contributed by atoms with van der Waals surface area (Å²) in [6.07, 6.45) is 1.05. The topological polar surface area (TPSA) is 75.3 Å². The highest BCUT2D eigenvalue weighted by Crippen LogP contribution is 2.22. The minimum atomic E-state index is -0.962. The number of aromatic carboxylic acids is 1.